The molecule has 1 aliphatic rings. The van der Waals surface area contributed by atoms with Crippen molar-refractivity contribution in [2.45, 2.75) is 32.9 Å². The summed E-state index contributed by atoms with van der Waals surface area (Å²) in [5.41, 5.74) is 8.01. The van der Waals surface area contributed by atoms with E-state index in [0.29, 0.717) is 6.10 Å². The average Bonchev–Trinajstić information content (AvgIpc) is 2.48. The lowest BCUT2D eigenvalue weighted by Crippen LogP contribution is -2.47. The third-order valence-electron chi connectivity index (χ3n) is 4.03. The Morgan fingerprint density at radius 1 is 1.38 bits per heavy atom. The van der Waals surface area contributed by atoms with Gasteiger partial charge in [0.25, 0.3) is 0 Å². The monoisotopic (exact) mass is 291 g/mol. The standard InChI is InChI=1S/C17H29N3O/c1-3-8-20(12-15-6-5-7-16(18)11-15)14-17-13-19(4-2)9-10-21-17/h5-7,11,17H,3-4,8-10,12-14,18H2,1-2H3. The van der Waals surface area contributed by atoms with Crippen molar-refractivity contribution in [3.63, 3.8) is 0 Å². The van der Waals surface area contributed by atoms with E-state index < -0.39 is 0 Å². The zero-order valence-corrected chi connectivity index (χ0v) is 13.4. The van der Waals surface area contributed by atoms with Gasteiger partial charge in [-0.3, -0.25) is 9.80 Å². The summed E-state index contributed by atoms with van der Waals surface area (Å²) in [6.07, 6.45) is 1.48. The van der Waals surface area contributed by atoms with Gasteiger partial charge in [0.15, 0.2) is 0 Å². The number of ether oxygens (including phenoxy) is 1. The Morgan fingerprint density at radius 2 is 2.24 bits per heavy atom. The quantitative estimate of drug-likeness (QED) is 0.782. The van der Waals surface area contributed by atoms with Crippen LogP contribution in [0.15, 0.2) is 24.3 Å². The molecule has 1 aliphatic heterocycles. The zero-order valence-electron chi connectivity index (χ0n) is 13.4. The summed E-state index contributed by atoms with van der Waals surface area (Å²) in [6, 6.07) is 8.20. The first-order valence-corrected chi connectivity index (χ1v) is 8.12. The molecular weight excluding hydrogens is 262 g/mol. The van der Waals surface area contributed by atoms with Gasteiger partial charge in [-0.15, -0.1) is 0 Å². The van der Waals surface area contributed by atoms with Crippen molar-refractivity contribution in [2.75, 3.05) is 45.1 Å². The van der Waals surface area contributed by atoms with E-state index in [2.05, 4.69) is 35.8 Å². The highest BCUT2D eigenvalue weighted by atomic mass is 16.5. The minimum atomic E-state index is 0.325. The van der Waals surface area contributed by atoms with Gasteiger partial charge in [-0.2, -0.15) is 0 Å². The molecule has 4 heteroatoms. The minimum Gasteiger partial charge on any atom is -0.399 e. The molecule has 21 heavy (non-hydrogen) atoms. The fourth-order valence-corrected chi connectivity index (χ4v) is 2.97. The Hall–Kier alpha value is -1.10. The maximum atomic E-state index is 5.94. The Bertz CT molecular complexity index is 424. The van der Waals surface area contributed by atoms with Crippen molar-refractivity contribution in [3.8, 4) is 0 Å². The number of hydrogen-bond acceptors (Lipinski definition) is 4. The van der Waals surface area contributed by atoms with Gasteiger partial charge < -0.3 is 10.5 Å². The molecule has 1 saturated heterocycles. The molecule has 1 unspecified atom stereocenters. The Kier molecular flexibility index (Phi) is 6.49. The van der Waals surface area contributed by atoms with Gasteiger partial charge in [0.2, 0.25) is 0 Å². The van der Waals surface area contributed by atoms with Crippen molar-refractivity contribution in [3.05, 3.63) is 29.8 Å². The molecule has 2 N–H and O–H groups in total. The van der Waals surface area contributed by atoms with E-state index in [-0.39, 0.29) is 0 Å². The number of hydrogen-bond donors (Lipinski definition) is 1. The predicted octanol–water partition coefficient (Wildman–Crippen LogP) is 2.20. The van der Waals surface area contributed by atoms with Gasteiger partial charge in [-0.05, 0) is 37.2 Å². The Labute approximate surface area is 128 Å². The fourth-order valence-electron chi connectivity index (χ4n) is 2.97. The molecule has 1 heterocycles. The Morgan fingerprint density at radius 3 is 2.95 bits per heavy atom. The highest BCUT2D eigenvalue weighted by Gasteiger charge is 2.21. The van der Waals surface area contributed by atoms with E-state index in [1.165, 1.54) is 5.56 Å². The first kappa shape index (κ1) is 16.3. The van der Waals surface area contributed by atoms with Gasteiger partial charge in [-0.1, -0.05) is 26.0 Å². The third-order valence-corrected chi connectivity index (χ3v) is 4.03. The van der Waals surface area contributed by atoms with Crippen molar-refractivity contribution in [2.24, 2.45) is 0 Å². The summed E-state index contributed by atoms with van der Waals surface area (Å²) in [5.74, 6) is 0. The normalized spacial score (nSPS) is 20.0. The van der Waals surface area contributed by atoms with Gasteiger partial charge in [0.05, 0.1) is 12.7 Å². The summed E-state index contributed by atoms with van der Waals surface area (Å²) in [6.45, 7) is 11.6. The first-order valence-electron chi connectivity index (χ1n) is 8.12. The molecule has 4 nitrogen and oxygen atoms in total. The van der Waals surface area contributed by atoms with E-state index >= 15 is 0 Å². The van der Waals surface area contributed by atoms with Crippen LogP contribution in [-0.2, 0) is 11.3 Å². The van der Waals surface area contributed by atoms with Crippen molar-refractivity contribution < 1.29 is 4.74 Å². The van der Waals surface area contributed by atoms with E-state index in [9.17, 15) is 0 Å². The van der Waals surface area contributed by atoms with Crippen LogP contribution in [0.1, 0.15) is 25.8 Å². The van der Waals surface area contributed by atoms with Crippen molar-refractivity contribution in [1.29, 1.82) is 0 Å². The molecule has 1 fully saturated rings. The largest absolute Gasteiger partial charge is 0.399 e. The third kappa shape index (κ3) is 5.30. The van der Waals surface area contributed by atoms with Gasteiger partial charge in [0, 0.05) is 31.9 Å². The zero-order chi connectivity index (χ0) is 15.1. The number of anilines is 1. The predicted molar refractivity (Wildman–Crippen MR) is 88.3 cm³/mol. The molecule has 118 valence electrons. The molecule has 0 aromatic heterocycles. The molecular formula is C17H29N3O. The molecule has 1 aromatic rings. The molecule has 2 rings (SSSR count). The number of benzene rings is 1. The van der Waals surface area contributed by atoms with Gasteiger partial charge >= 0.3 is 0 Å². The average molecular weight is 291 g/mol. The highest BCUT2D eigenvalue weighted by Crippen LogP contribution is 2.13. The maximum absolute atomic E-state index is 5.94. The number of morpholine rings is 1. The van der Waals surface area contributed by atoms with E-state index in [4.69, 9.17) is 10.5 Å². The van der Waals surface area contributed by atoms with E-state index in [1.54, 1.807) is 0 Å². The topological polar surface area (TPSA) is 41.7 Å². The summed E-state index contributed by atoms with van der Waals surface area (Å²) < 4.78 is 5.94. The molecule has 0 amide bonds. The smallest absolute Gasteiger partial charge is 0.0829 e. The summed E-state index contributed by atoms with van der Waals surface area (Å²) in [4.78, 5) is 4.96. The second kappa shape index (κ2) is 8.37. The Balaban J connectivity index is 1.92. The van der Waals surface area contributed by atoms with Crippen LogP contribution in [0.5, 0.6) is 0 Å². The number of rotatable bonds is 7. The molecule has 1 atom stereocenters. The number of likely N-dealkylation sites (N-methyl/N-ethyl adjacent to an activating group) is 1. The lowest BCUT2D eigenvalue weighted by atomic mass is 10.1. The lowest BCUT2D eigenvalue weighted by molar-refractivity contribution is -0.0428. The molecule has 1 aromatic carbocycles. The van der Waals surface area contributed by atoms with Gasteiger partial charge in [-0.25, -0.2) is 0 Å². The lowest BCUT2D eigenvalue weighted by Gasteiger charge is -2.35. The number of nitrogen functional groups attached to an aromatic ring is 1. The highest BCUT2D eigenvalue weighted by molar-refractivity contribution is 5.40. The van der Waals surface area contributed by atoms with Crippen LogP contribution in [0, 0.1) is 0 Å². The molecule has 0 saturated carbocycles. The molecule has 0 bridgehead atoms. The summed E-state index contributed by atoms with van der Waals surface area (Å²) in [7, 11) is 0. The van der Waals surface area contributed by atoms with Crippen LogP contribution in [0.25, 0.3) is 0 Å². The van der Waals surface area contributed by atoms with Crippen molar-refractivity contribution in [1.82, 2.24) is 9.80 Å². The van der Waals surface area contributed by atoms with Crippen molar-refractivity contribution >= 4 is 5.69 Å². The molecule has 0 spiro atoms. The SMILES string of the molecule is CCCN(Cc1cccc(N)c1)CC1CN(CC)CCO1. The van der Waals surface area contributed by atoms with Gasteiger partial charge in [0.1, 0.15) is 0 Å². The van der Waals surface area contributed by atoms with Crippen LogP contribution in [0.2, 0.25) is 0 Å². The first-order chi connectivity index (χ1) is 10.2. The fraction of sp³-hybridized carbons (Fsp3) is 0.647. The van der Waals surface area contributed by atoms with Crippen LogP contribution in [0.3, 0.4) is 0 Å². The molecule has 0 aliphatic carbocycles. The summed E-state index contributed by atoms with van der Waals surface area (Å²) >= 11 is 0. The van der Waals surface area contributed by atoms with E-state index in [1.807, 2.05) is 12.1 Å². The second-order valence-electron chi connectivity index (χ2n) is 5.87. The minimum absolute atomic E-state index is 0.325. The van der Waals surface area contributed by atoms with Crippen LogP contribution in [0.4, 0.5) is 5.69 Å². The van der Waals surface area contributed by atoms with Crippen LogP contribution < -0.4 is 5.73 Å². The number of nitrogens with zero attached hydrogens (tertiary/aromatic N) is 2. The van der Waals surface area contributed by atoms with Crippen LogP contribution >= 0.6 is 0 Å². The van der Waals surface area contributed by atoms with Crippen LogP contribution in [-0.4, -0.2) is 55.2 Å². The molecule has 0 radical (unpaired) electrons. The van der Waals surface area contributed by atoms with E-state index in [0.717, 1.165) is 58.0 Å². The maximum Gasteiger partial charge on any atom is 0.0829 e. The number of nitrogens with two attached hydrogens (primary N) is 1. The summed E-state index contributed by atoms with van der Waals surface area (Å²) in [5, 5.41) is 0. The second-order valence-corrected chi connectivity index (χ2v) is 5.87.